The lowest BCUT2D eigenvalue weighted by atomic mass is 10.0. The van der Waals surface area contributed by atoms with Gasteiger partial charge in [0.05, 0.1) is 10.5 Å². The van der Waals surface area contributed by atoms with E-state index in [0.29, 0.717) is 6.42 Å². The molecule has 0 bridgehead atoms. The van der Waals surface area contributed by atoms with E-state index in [1.54, 1.807) is 7.11 Å². The van der Waals surface area contributed by atoms with Gasteiger partial charge in [0.25, 0.3) is 0 Å². The normalized spacial score (nSPS) is 11.7. The first-order valence-corrected chi connectivity index (χ1v) is 6.44. The number of Topliss-reactive ketones (excluding diaryl/α,β-unsaturated/α-hetero) is 1. The van der Waals surface area contributed by atoms with Gasteiger partial charge in [0.1, 0.15) is 0 Å². The molecule has 0 unspecified atom stereocenters. The van der Waals surface area contributed by atoms with Gasteiger partial charge in [-0.2, -0.15) is 0 Å². The number of halogens is 1. The zero-order valence-corrected chi connectivity index (χ0v) is 11.6. The van der Waals surface area contributed by atoms with Crippen molar-refractivity contribution >= 4 is 33.0 Å². The van der Waals surface area contributed by atoms with Crippen LogP contribution in [0.1, 0.15) is 36.4 Å². The highest BCUT2D eigenvalue weighted by atomic mass is 79.9. The Kier molecular flexibility index (Phi) is 4.49. The average Bonchev–Trinajstić information content (AvgIpc) is 2.61. The lowest BCUT2D eigenvalue weighted by molar-refractivity contribution is 0.0142. The van der Waals surface area contributed by atoms with Crippen molar-refractivity contribution in [1.29, 1.82) is 0 Å². The van der Waals surface area contributed by atoms with Gasteiger partial charge >= 0.3 is 0 Å². The molecule has 0 N–H and O–H groups in total. The highest BCUT2D eigenvalue weighted by molar-refractivity contribution is 9.10. The van der Waals surface area contributed by atoms with Crippen LogP contribution in [0.2, 0.25) is 0 Å². The minimum Gasteiger partial charge on any atom is -0.379 e. The summed E-state index contributed by atoms with van der Waals surface area (Å²) in [7, 11) is 1.67. The Morgan fingerprint density at radius 2 is 2.27 bits per heavy atom. The van der Waals surface area contributed by atoms with Crippen molar-refractivity contribution in [2.45, 2.75) is 32.3 Å². The quantitative estimate of drug-likeness (QED) is 0.769. The van der Waals surface area contributed by atoms with Crippen LogP contribution in [0.4, 0.5) is 0 Å². The number of carbonyl (C=O) groups is 1. The van der Waals surface area contributed by atoms with Gasteiger partial charge in [-0.15, -0.1) is 11.3 Å². The molecule has 0 aliphatic heterocycles. The van der Waals surface area contributed by atoms with Crippen LogP contribution in [-0.4, -0.2) is 18.5 Å². The van der Waals surface area contributed by atoms with Gasteiger partial charge in [-0.05, 0) is 42.3 Å². The van der Waals surface area contributed by atoms with E-state index in [0.717, 1.165) is 15.8 Å². The molecule has 0 aliphatic carbocycles. The van der Waals surface area contributed by atoms with Crippen LogP contribution >= 0.6 is 27.3 Å². The van der Waals surface area contributed by atoms with Crippen LogP contribution in [0.15, 0.2) is 15.9 Å². The number of methoxy groups -OCH3 is 1. The Labute approximate surface area is 103 Å². The smallest absolute Gasteiger partial charge is 0.172 e. The van der Waals surface area contributed by atoms with E-state index >= 15 is 0 Å². The van der Waals surface area contributed by atoms with E-state index < -0.39 is 0 Å². The molecule has 4 heteroatoms. The van der Waals surface area contributed by atoms with Crippen molar-refractivity contribution in [3.63, 3.8) is 0 Å². The third-order valence-corrected chi connectivity index (χ3v) is 4.08. The first-order chi connectivity index (χ1) is 6.94. The zero-order chi connectivity index (χ0) is 11.5. The topological polar surface area (TPSA) is 26.3 Å². The fraction of sp³-hybridized carbons (Fsp3) is 0.545. The van der Waals surface area contributed by atoms with E-state index in [-0.39, 0.29) is 11.4 Å². The molecule has 0 amide bonds. The maximum absolute atomic E-state index is 11.8. The van der Waals surface area contributed by atoms with Crippen molar-refractivity contribution in [1.82, 2.24) is 0 Å². The fourth-order valence-electron chi connectivity index (χ4n) is 1.10. The molecule has 0 fully saturated rings. The van der Waals surface area contributed by atoms with Crippen molar-refractivity contribution in [3.8, 4) is 0 Å². The first-order valence-electron chi connectivity index (χ1n) is 4.77. The number of ether oxygens (including phenoxy) is 1. The summed E-state index contributed by atoms with van der Waals surface area (Å²) in [6, 6.07) is 1.87. The molecule has 1 rings (SSSR count). The second-order valence-corrected chi connectivity index (χ2v) is 5.84. The number of thiophene rings is 1. The molecular formula is C11H15BrO2S. The lowest BCUT2D eigenvalue weighted by Gasteiger charge is -2.21. The minimum absolute atomic E-state index is 0.191. The van der Waals surface area contributed by atoms with Gasteiger partial charge in [0.15, 0.2) is 5.78 Å². The molecule has 1 heterocycles. The molecule has 1 aromatic rings. The van der Waals surface area contributed by atoms with Crippen molar-refractivity contribution in [3.05, 3.63) is 20.8 Å². The molecule has 0 saturated carbocycles. The minimum atomic E-state index is -0.218. The van der Waals surface area contributed by atoms with Crippen LogP contribution in [0.3, 0.4) is 0 Å². The first kappa shape index (κ1) is 12.9. The molecule has 0 atom stereocenters. The molecule has 0 aromatic carbocycles. The number of ketones is 1. The Hall–Kier alpha value is -0.190. The Morgan fingerprint density at radius 3 is 2.73 bits per heavy atom. The summed E-state index contributed by atoms with van der Waals surface area (Å²) in [5, 5.41) is 1.93. The van der Waals surface area contributed by atoms with E-state index in [1.165, 1.54) is 11.3 Å². The summed E-state index contributed by atoms with van der Waals surface area (Å²) in [6.07, 6.45) is 1.28. The highest BCUT2D eigenvalue weighted by Crippen LogP contribution is 2.23. The molecule has 0 aliphatic rings. The summed E-state index contributed by atoms with van der Waals surface area (Å²) in [5.41, 5.74) is -0.218. The van der Waals surface area contributed by atoms with Crippen LogP contribution < -0.4 is 0 Å². The molecule has 2 nitrogen and oxygen atoms in total. The van der Waals surface area contributed by atoms with Gasteiger partial charge in [-0.1, -0.05) is 0 Å². The summed E-state index contributed by atoms with van der Waals surface area (Å²) in [5.74, 6) is 0.191. The lowest BCUT2D eigenvalue weighted by Crippen LogP contribution is -2.23. The maximum Gasteiger partial charge on any atom is 0.172 e. The summed E-state index contributed by atoms with van der Waals surface area (Å²) in [6.45, 7) is 3.98. The highest BCUT2D eigenvalue weighted by Gasteiger charge is 2.19. The fourth-order valence-corrected chi connectivity index (χ4v) is 2.50. The third-order valence-electron chi connectivity index (χ3n) is 2.35. The molecule has 15 heavy (non-hydrogen) atoms. The maximum atomic E-state index is 11.8. The summed E-state index contributed by atoms with van der Waals surface area (Å²) < 4.78 is 6.24. The number of carbonyl (C=O) groups excluding carboxylic acids is 1. The van der Waals surface area contributed by atoms with Crippen molar-refractivity contribution in [2.24, 2.45) is 0 Å². The summed E-state index contributed by atoms with van der Waals surface area (Å²) in [4.78, 5) is 12.6. The Balaban J connectivity index is 2.50. The Morgan fingerprint density at radius 1 is 1.60 bits per heavy atom. The van der Waals surface area contributed by atoms with Crippen LogP contribution in [-0.2, 0) is 4.74 Å². The van der Waals surface area contributed by atoms with E-state index in [4.69, 9.17) is 4.74 Å². The number of rotatable bonds is 5. The van der Waals surface area contributed by atoms with Gasteiger partial charge < -0.3 is 4.74 Å². The Bertz CT molecular complexity index is 344. The standard InChI is InChI=1S/C11H15BrO2S/c1-11(2,14-3)5-4-9(13)10-6-8(12)7-15-10/h6-7H,4-5H2,1-3H3. The van der Waals surface area contributed by atoms with Crippen LogP contribution in [0.25, 0.3) is 0 Å². The van der Waals surface area contributed by atoms with Gasteiger partial charge in [-0.3, -0.25) is 4.79 Å². The van der Waals surface area contributed by atoms with Crippen molar-refractivity contribution in [2.75, 3.05) is 7.11 Å². The number of hydrogen-bond donors (Lipinski definition) is 0. The summed E-state index contributed by atoms with van der Waals surface area (Å²) >= 11 is 4.82. The van der Waals surface area contributed by atoms with Gasteiger partial charge in [0, 0.05) is 23.4 Å². The largest absolute Gasteiger partial charge is 0.379 e. The molecular weight excluding hydrogens is 276 g/mol. The second kappa shape index (κ2) is 5.23. The predicted molar refractivity (Wildman–Crippen MR) is 66.7 cm³/mol. The van der Waals surface area contributed by atoms with Gasteiger partial charge in [0.2, 0.25) is 0 Å². The van der Waals surface area contributed by atoms with E-state index in [1.807, 2.05) is 25.3 Å². The third kappa shape index (κ3) is 4.05. The van der Waals surface area contributed by atoms with Crippen LogP contribution in [0, 0.1) is 0 Å². The average molecular weight is 291 g/mol. The molecule has 0 spiro atoms. The van der Waals surface area contributed by atoms with Crippen LogP contribution in [0.5, 0.6) is 0 Å². The molecule has 0 saturated heterocycles. The second-order valence-electron chi connectivity index (χ2n) is 4.02. The van der Waals surface area contributed by atoms with E-state index in [2.05, 4.69) is 15.9 Å². The van der Waals surface area contributed by atoms with Crippen molar-refractivity contribution < 1.29 is 9.53 Å². The van der Waals surface area contributed by atoms with Gasteiger partial charge in [-0.25, -0.2) is 0 Å². The zero-order valence-electron chi connectivity index (χ0n) is 9.17. The monoisotopic (exact) mass is 290 g/mol. The van der Waals surface area contributed by atoms with E-state index in [9.17, 15) is 4.79 Å². The molecule has 0 radical (unpaired) electrons. The SMILES string of the molecule is COC(C)(C)CCC(=O)c1cc(Br)cs1. The predicted octanol–water partition coefficient (Wildman–Crippen LogP) is 3.90. The molecule has 84 valence electrons. The number of hydrogen-bond acceptors (Lipinski definition) is 3. The molecule has 1 aromatic heterocycles.